The first-order valence-electron chi connectivity index (χ1n) is 7.04. The molecule has 3 rings (SSSR count). The summed E-state index contributed by atoms with van der Waals surface area (Å²) in [6, 6.07) is 13.3. The van der Waals surface area contributed by atoms with Crippen LogP contribution in [0, 0.1) is 0 Å². The van der Waals surface area contributed by atoms with Crippen molar-refractivity contribution in [3.8, 4) is 11.3 Å². The molecule has 1 N–H and O–H groups in total. The van der Waals surface area contributed by atoms with E-state index in [4.69, 9.17) is 4.74 Å². The molecule has 0 spiro atoms. The van der Waals surface area contributed by atoms with E-state index in [2.05, 4.69) is 10.3 Å². The minimum Gasteiger partial charge on any atom is -0.486 e. The van der Waals surface area contributed by atoms with Crippen LogP contribution >= 0.6 is 11.8 Å². The number of aromatic nitrogens is 1. The summed E-state index contributed by atoms with van der Waals surface area (Å²) in [6.07, 6.45) is 1.74. The molecule has 1 aliphatic rings. The number of nitrogens with one attached hydrogen (secondary N) is 1. The number of nitrogens with zero attached hydrogens (tertiary/aromatic N) is 1. The highest BCUT2D eigenvalue weighted by Gasteiger charge is 2.20. The molecule has 1 aromatic carbocycles. The minimum absolute atomic E-state index is 0.215. The van der Waals surface area contributed by atoms with Crippen molar-refractivity contribution in [1.82, 2.24) is 4.98 Å². The predicted octanol–water partition coefficient (Wildman–Crippen LogP) is 3.68. The standard InChI is InChI=1S/C17H16N2O2S/c1-12-16(21-10-11-22-12)17(20)19-15-8-3-2-6-13(15)14-7-4-5-9-18-14/h2-9H,10-11H2,1H3,(H,19,20). The molecule has 0 radical (unpaired) electrons. The van der Waals surface area contributed by atoms with Crippen molar-refractivity contribution in [2.24, 2.45) is 0 Å². The summed E-state index contributed by atoms with van der Waals surface area (Å²) in [4.78, 5) is 17.7. The van der Waals surface area contributed by atoms with Crippen LogP contribution in [-0.4, -0.2) is 23.3 Å². The molecule has 1 aliphatic heterocycles. The van der Waals surface area contributed by atoms with E-state index in [-0.39, 0.29) is 5.91 Å². The number of hydrogen-bond donors (Lipinski definition) is 1. The molecule has 0 atom stereocenters. The maximum absolute atomic E-state index is 12.4. The van der Waals surface area contributed by atoms with Gasteiger partial charge in [0.05, 0.1) is 18.0 Å². The normalized spacial score (nSPS) is 14.4. The first kappa shape index (κ1) is 14.7. The van der Waals surface area contributed by atoms with Crippen molar-refractivity contribution in [3.63, 3.8) is 0 Å². The fourth-order valence-electron chi connectivity index (χ4n) is 2.25. The van der Waals surface area contributed by atoms with E-state index in [0.717, 1.165) is 27.6 Å². The highest BCUT2D eigenvalue weighted by molar-refractivity contribution is 8.03. The van der Waals surface area contributed by atoms with Gasteiger partial charge in [0, 0.05) is 22.4 Å². The molecule has 1 amide bonds. The number of rotatable bonds is 3. The molecule has 2 aromatic rings. The Bertz CT molecular complexity index is 714. The zero-order valence-corrected chi connectivity index (χ0v) is 13.0. The van der Waals surface area contributed by atoms with E-state index in [0.29, 0.717) is 12.4 Å². The van der Waals surface area contributed by atoms with Crippen molar-refractivity contribution < 1.29 is 9.53 Å². The van der Waals surface area contributed by atoms with Crippen LogP contribution in [0.25, 0.3) is 11.3 Å². The van der Waals surface area contributed by atoms with Crippen molar-refractivity contribution in [3.05, 3.63) is 59.3 Å². The zero-order valence-electron chi connectivity index (χ0n) is 12.2. The van der Waals surface area contributed by atoms with Crippen LogP contribution in [0.3, 0.4) is 0 Å². The van der Waals surface area contributed by atoms with Crippen molar-refractivity contribution in [1.29, 1.82) is 0 Å². The Kier molecular flexibility index (Phi) is 4.44. The molecule has 0 saturated heterocycles. The van der Waals surface area contributed by atoms with Gasteiger partial charge in [0.15, 0.2) is 5.76 Å². The Morgan fingerprint density at radius 2 is 2.05 bits per heavy atom. The number of benzene rings is 1. The molecule has 22 heavy (non-hydrogen) atoms. The maximum Gasteiger partial charge on any atom is 0.291 e. The number of carbonyl (C=O) groups is 1. The molecule has 0 unspecified atom stereocenters. The average Bonchev–Trinajstić information content (AvgIpc) is 2.56. The third-order valence-corrected chi connectivity index (χ3v) is 4.28. The van der Waals surface area contributed by atoms with Crippen LogP contribution in [0.5, 0.6) is 0 Å². The molecule has 112 valence electrons. The molecule has 0 saturated carbocycles. The van der Waals surface area contributed by atoms with Gasteiger partial charge in [-0.1, -0.05) is 24.3 Å². The Labute approximate surface area is 133 Å². The lowest BCUT2D eigenvalue weighted by Gasteiger charge is -2.18. The third kappa shape index (κ3) is 3.14. The Morgan fingerprint density at radius 1 is 1.23 bits per heavy atom. The largest absolute Gasteiger partial charge is 0.486 e. The lowest BCUT2D eigenvalue weighted by atomic mass is 10.1. The molecule has 4 nitrogen and oxygen atoms in total. The fourth-order valence-corrected chi connectivity index (χ4v) is 3.00. The topological polar surface area (TPSA) is 51.2 Å². The second kappa shape index (κ2) is 6.66. The summed E-state index contributed by atoms with van der Waals surface area (Å²) in [6.45, 7) is 2.47. The van der Waals surface area contributed by atoms with Gasteiger partial charge in [-0.05, 0) is 25.1 Å². The second-order valence-corrected chi connectivity index (χ2v) is 6.11. The average molecular weight is 312 g/mol. The van der Waals surface area contributed by atoms with Gasteiger partial charge in [-0.3, -0.25) is 9.78 Å². The first-order chi connectivity index (χ1) is 10.8. The number of anilines is 1. The van der Waals surface area contributed by atoms with Gasteiger partial charge in [0.2, 0.25) is 0 Å². The van der Waals surface area contributed by atoms with Gasteiger partial charge in [0.25, 0.3) is 5.91 Å². The third-order valence-electron chi connectivity index (χ3n) is 3.29. The van der Waals surface area contributed by atoms with E-state index in [1.807, 2.05) is 49.4 Å². The number of amides is 1. The SMILES string of the molecule is CC1=C(C(=O)Nc2ccccc2-c2ccccn2)OCCS1. The minimum atomic E-state index is -0.215. The summed E-state index contributed by atoms with van der Waals surface area (Å²) in [5, 5.41) is 2.93. The van der Waals surface area contributed by atoms with Gasteiger partial charge in [-0.25, -0.2) is 0 Å². The number of allylic oxidation sites excluding steroid dienone is 1. The molecule has 2 heterocycles. The quantitative estimate of drug-likeness (QED) is 0.939. The fraction of sp³-hybridized carbons (Fsp3) is 0.176. The van der Waals surface area contributed by atoms with Crippen LogP contribution in [0.2, 0.25) is 0 Å². The van der Waals surface area contributed by atoms with Crippen LogP contribution in [0.1, 0.15) is 6.92 Å². The Morgan fingerprint density at radius 3 is 2.82 bits per heavy atom. The summed E-state index contributed by atoms with van der Waals surface area (Å²) >= 11 is 1.65. The number of thioether (sulfide) groups is 1. The van der Waals surface area contributed by atoms with E-state index in [9.17, 15) is 4.79 Å². The maximum atomic E-state index is 12.4. The van der Waals surface area contributed by atoms with Crippen LogP contribution in [0.4, 0.5) is 5.69 Å². The van der Waals surface area contributed by atoms with Gasteiger partial charge < -0.3 is 10.1 Å². The highest BCUT2D eigenvalue weighted by atomic mass is 32.2. The molecule has 1 aromatic heterocycles. The van der Waals surface area contributed by atoms with Gasteiger partial charge >= 0.3 is 0 Å². The van der Waals surface area contributed by atoms with Gasteiger partial charge in [-0.15, -0.1) is 11.8 Å². The molecule has 0 fully saturated rings. The lowest BCUT2D eigenvalue weighted by Crippen LogP contribution is -2.21. The first-order valence-corrected chi connectivity index (χ1v) is 8.02. The Balaban J connectivity index is 1.89. The zero-order chi connectivity index (χ0) is 15.4. The number of para-hydroxylation sites is 1. The summed E-state index contributed by atoms with van der Waals surface area (Å²) < 4.78 is 5.50. The summed E-state index contributed by atoms with van der Waals surface area (Å²) in [5.74, 6) is 1.08. The molecule has 0 aliphatic carbocycles. The second-order valence-electron chi connectivity index (χ2n) is 4.80. The number of pyridine rings is 1. The lowest BCUT2D eigenvalue weighted by molar-refractivity contribution is -0.116. The van der Waals surface area contributed by atoms with Crippen molar-refractivity contribution in [2.75, 3.05) is 17.7 Å². The number of carbonyl (C=O) groups excluding carboxylic acids is 1. The van der Waals surface area contributed by atoms with E-state index in [1.165, 1.54) is 0 Å². The van der Waals surface area contributed by atoms with Gasteiger partial charge in [-0.2, -0.15) is 0 Å². The smallest absolute Gasteiger partial charge is 0.291 e. The Hall–Kier alpha value is -2.27. The van der Waals surface area contributed by atoms with Gasteiger partial charge in [0.1, 0.15) is 0 Å². The molecular formula is C17H16N2O2S. The van der Waals surface area contributed by atoms with E-state index < -0.39 is 0 Å². The molecular weight excluding hydrogens is 296 g/mol. The highest BCUT2D eigenvalue weighted by Crippen LogP contribution is 2.29. The summed E-state index contributed by atoms with van der Waals surface area (Å²) in [7, 11) is 0. The molecule has 5 heteroatoms. The van der Waals surface area contributed by atoms with Crippen molar-refractivity contribution in [2.45, 2.75) is 6.92 Å². The predicted molar refractivity (Wildman–Crippen MR) is 89.4 cm³/mol. The molecule has 0 bridgehead atoms. The van der Waals surface area contributed by atoms with E-state index >= 15 is 0 Å². The number of hydrogen-bond acceptors (Lipinski definition) is 4. The van der Waals surface area contributed by atoms with E-state index in [1.54, 1.807) is 18.0 Å². The van der Waals surface area contributed by atoms with Crippen LogP contribution in [-0.2, 0) is 9.53 Å². The monoisotopic (exact) mass is 312 g/mol. The number of ether oxygens (including phenoxy) is 1. The van der Waals surface area contributed by atoms with Crippen LogP contribution < -0.4 is 5.32 Å². The van der Waals surface area contributed by atoms with Crippen LogP contribution in [0.15, 0.2) is 59.3 Å². The summed E-state index contributed by atoms with van der Waals surface area (Å²) in [5.41, 5.74) is 2.44. The van der Waals surface area contributed by atoms with Crippen molar-refractivity contribution >= 4 is 23.4 Å².